The van der Waals surface area contributed by atoms with Gasteiger partial charge in [0, 0.05) is 6.92 Å². The Labute approximate surface area is 131 Å². The minimum atomic E-state index is -2.35. The number of hydrogen-bond donors (Lipinski definition) is 0. The predicted molar refractivity (Wildman–Crippen MR) is 76.3 cm³/mol. The molecule has 0 spiro atoms. The molecule has 1 atom stereocenters. The number of hydrogen-bond acceptors (Lipinski definition) is 7. The molecule has 2 aromatic heterocycles. The summed E-state index contributed by atoms with van der Waals surface area (Å²) in [6.45, 7) is 3.14. The Hall–Kier alpha value is -2.75. The van der Waals surface area contributed by atoms with Crippen LogP contribution in [0.25, 0.3) is 11.4 Å². The van der Waals surface area contributed by atoms with Crippen LogP contribution in [-0.2, 0) is 11.3 Å². The van der Waals surface area contributed by atoms with Crippen molar-refractivity contribution < 1.29 is 21.8 Å². The number of nitrogens with zero attached hydrogens (tertiary/aromatic N) is 3. The molecule has 0 bridgehead atoms. The summed E-state index contributed by atoms with van der Waals surface area (Å²) in [5.74, 6) is -1.54. The van der Waals surface area contributed by atoms with Crippen molar-refractivity contribution in [2.24, 2.45) is 0 Å². The van der Waals surface area contributed by atoms with Gasteiger partial charge in [-0.3, -0.25) is 4.52 Å². The van der Waals surface area contributed by atoms with Crippen molar-refractivity contribution in [2.75, 3.05) is 0 Å². The van der Waals surface area contributed by atoms with Crippen LogP contribution in [0, 0.1) is 19.7 Å². The summed E-state index contributed by atoms with van der Waals surface area (Å²) in [6.07, 6.45) is 0. The van der Waals surface area contributed by atoms with Gasteiger partial charge in [0.2, 0.25) is 11.6 Å². The van der Waals surface area contributed by atoms with Crippen LogP contribution in [0.4, 0.5) is 4.39 Å². The van der Waals surface area contributed by atoms with Crippen molar-refractivity contribution >= 4 is 11.3 Å². The molecule has 0 aliphatic rings. The molecule has 0 saturated heterocycles. The molecule has 0 aliphatic heterocycles. The Morgan fingerprint density at radius 3 is 2.61 bits per heavy atom. The monoisotopic (exact) mass is 339 g/mol. The Bertz CT molecular complexity index is 926. The van der Waals surface area contributed by atoms with Crippen LogP contribution >= 0.6 is 0 Å². The number of aryl methyl sites for hydroxylation is 2. The molecule has 0 fully saturated rings. The third kappa shape index (κ3) is 2.68. The maximum absolute atomic E-state index is 13.9. The minimum Gasteiger partial charge on any atom is -0.379 e. The molecule has 120 valence electrons. The molecule has 0 aliphatic carbocycles. The van der Waals surface area contributed by atoms with E-state index >= 15 is 0 Å². The summed E-state index contributed by atoms with van der Waals surface area (Å²) in [5.41, 5.74) is 0.307. The van der Waals surface area contributed by atoms with E-state index in [1.807, 2.05) is 0 Å². The third-order valence-corrected chi connectivity index (χ3v) is 3.88. The second-order valence-electron chi connectivity index (χ2n) is 4.50. The highest BCUT2D eigenvalue weighted by Crippen LogP contribution is 2.24. The van der Waals surface area contributed by atoms with E-state index in [1.165, 1.54) is 18.2 Å². The highest BCUT2D eigenvalue weighted by atomic mass is 32.2. The van der Waals surface area contributed by atoms with E-state index in [-0.39, 0.29) is 22.9 Å². The normalized spacial score (nSPS) is 12.3. The van der Waals surface area contributed by atoms with E-state index < -0.39 is 22.8 Å². The molecule has 8 nitrogen and oxygen atoms in total. The van der Waals surface area contributed by atoms with Gasteiger partial charge in [0.05, 0.1) is 5.56 Å². The Kier molecular flexibility index (Phi) is 3.82. The maximum Gasteiger partial charge on any atom is 0.456 e. The molecule has 0 amide bonds. The summed E-state index contributed by atoms with van der Waals surface area (Å²) in [4.78, 5) is 11.8. The largest absolute Gasteiger partial charge is 0.456 e. The zero-order chi connectivity index (χ0) is 16.6. The van der Waals surface area contributed by atoms with Gasteiger partial charge in [-0.2, -0.15) is 4.21 Å². The van der Waals surface area contributed by atoms with Crippen LogP contribution in [0.2, 0.25) is 0 Å². The lowest BCUT2D eigenvalue weighted by Crippen LogP contribution is -2.23. The smallest absolute Gasteiger partial charge is 0.379 e. The number of aromatic nitrogens is 3. The van der Waals surface area contributed by atoms with Gasteiger partial charge in [-0.05, 0) is 19.1 Å². The topological polar surface area (TPSA) is 100 Å². The average molecular weight is 339 g/mol. The van der Waals surface area contributed by atoms with E-state index in [0.717, 1.165) is 0 Å². The molecule has 0 saturated carbocycles. The molecule has 2 heterocycles. The quantitative estimate of drug-likeness (QED) is 0.714. The average Bonchev–Trinajstić information content (AvgIpc) is 3.05. The van der Waals surface area contributed by atoms with Gasteiger partial charge >= 0.3 is 17.0 Å². The van der Waals surface area contributed by atoms with Crippen LogP contribution < -0.4 is 9.94 Å². The molecule has 0 radical (unpaired) electrons. The second kappa shape index (κ2) is 5.80. The van der Waals surface area contributed by atoms with Crippen LogP contribution in [0.3, 0.4) is 0 Å². The Morgan fingerprint density at radius 1 is 1.22 bits per heavy atom. The zero-order valence-corrected chi connectivity index (χ0v) is 12.8. The Balaban J connectivity index is 2.04. The summed E-state index contributed by atoms with van der Waals surface area (Å²) < 4.78 is 41.4. The van der Waals surface area contributed by atoms with Crippen molar-refractivity contribution in [3.8, 4) is 17.1 Å². The van der Waals surface area contributed by atoms with E-state index in [4.69, 9.17) is 8.71 Å². The lowest BCUT2D eigenvalue weighted by Gasteiger charge is -2.05. The van der Waals surface area contributed by atoms with Crippen LogP contribution in [0.1, 0.15) is 11.5 Å². The lowest BCUT2D eigenvalue weighted by molar-refractivity contribution is 0.383. The molecule has 0 N–H and O–H groups in total. The Morgan fingerprint density at radius 2 is 1.96 bits per heavy atom. The number of rotatable bonds is 4. The first-order valence-corrected chi connectivity index (χ1v) is 7.39. The summed E-state index contributed by atoms with van der Waals surface area (Å²) in [6, 6.07) is 5.56. The highest BCUT2D eigenvalue weighted by Gasteiger charge is 2.24. The van der Waals surface area contributed by atoms with Gasteiger partial charge in [0.25, 0.3) is 0 Å². The van der Waals surface area contributed by atoms with Crippen molar-refractivity contribution in [2.45, 2.75) is 13.8 Å². The van der Waals surface area contributed by atoms with E-state index in [0.29, 0.717) is 9.67 Å². The van der Waals surface area contributed by atoms with Crippen LogP contribution in [-0.4, -0.2) is 18.5 Å². The summed E-state index contributed by atoms with van der Waals surface area (Å²) >= 11 is -2.35. The summed E-state index contributed by atoms with van der Waals surface area (Å²) in [7, 11) is 0. The molecule has 3 aromatic rings. The fourth-order valence-corrected chi connectivity index (χ4v) is 2.76. The van der Waals surface area contributed by atoms with Crippen LogP contribution in [0.15, 0.2) is 38.1 Å². The van der Waals surface area contributed by atoms with Gasteiger partial charge in [0.15, 0.2) is 5.76 Å². The third-order valence-electron chi connectivity index (χ3n) is 2.95. The first-order chi connectivity index (χ1) is 11.0. The molecule has 1 unspecified atom stereocenters. The van der Waals surface area contributed by atoms with Gasteiger partial charge in [-0.25, -0.2) is 9.18 Å². The lowest BCUT2D eigenvalue weighted by atomic mass is 10.2. The molecule has 1 aromatic carbocycles. The predicted octanol–water partition coefficient (Wildman–Crippen LogP) is 1.75. The SMILES string of the molecule is Cc1noc(C)c1OS(=O)n1c(-c2ccccc2F)noc1=O. The summed E-state index contributed by atoms with van der Waals surface area (Å²) in [5, 5.41) is 7.11. The maximum atomic E-state index is 13.9. The number of halogens is 1. The molecule has 23 heavy (non-hydrogen) atoms. The van der Waals surface area contributed by atoms with Gasteiger partial charge in [0.1, 0.15) is 11.5 Å². The van der Waals surface area contributed by atoms with E-state index in [2.05, 4.69) is 14.8 Å². The molecule has 3 rings (SSSR count). The van der Waals surface area contributed by atoms with E-state index in [9.17, 15) is 13.4 Å². The number of benzene rings is 1. The fraction of sp³-hybridized carbons (Fsp3) is 0.154. The van der Waals surface area contributed by atoms with Crippen molar-refractivity contribution in [1.29, 1.82) is 0 Å². The van der Waals surface area contributed by atoms with Crippen molar-refractivity contribution in [3.63, 3.8) is 0 Å². The van der Waals surface area contributed by atoms with E-state index in [1.54, 1.807) is 19.9 Å². The second-order valence-corrected chi connectivity index (χ2v) is 5.47. The first-order valence-electron chi connectivity index (χ1n) is 6.36. The van der Waals surface area contributed by atoms with Gasteiger partial charge < -0.3 is 8.71 Å². The first kappa shape index (κ1) is 15.2. The minimum absolute atomic E-state index is 0.0472. The van der Waals surface area contributed by atoms with Gasteiger partial charge in [-0.1, -0.05) is 22.4 Å². The molecule has 10 heteroatoms. The molecular weight excluding hydrogens is 329 g/mol. The molecular formula is C13H10FN3O5S. The van der Waals surface area contributed by atoms with Crippen molar-refractivity contribution in [1.82, 2.24) is 14.3 Å². The van der Waals surface area contributed by atoms with Gasteiger partial charge in [-0.15, -0.1) is 3.97 Å². The zero-order valence-electron chi connectivity index (χ0n) is 12.0. The standard InChI is InChI=1S/C13H10FN3O5S/c1-7-11(8(2)20-15-7)22-23(19)17-12(16-21-13(17)18)9-5-3-4-6-10(9)14/h3-6H,1-2H3. The van der Waals surface area contributed by atoms with Crippen LogP contribution in [0.5, 0.6) is 5.75 Å². The fourth-order valence-electron chi connectivity index (χ4n) is 1.88. The van der Waals surface area contributed by atoms with Crippen molar-refractivity contribution in [3.05, 3.63) is 52.1 Å². The highest BCUT2D eigenvalue weighted by molar-refractivity contribution is 7.79.